The van der Waals surface area contributed by atoms with Gasteiger partial charge in [0.1, 0.15) is 0 Å². The summed E-state index contributed by atoms with van der Waals surface area (Å²) in [4.78, 5) is 11.8. The van der Waals surface area contributed by atoms with E-state index in [0.717, 1.165) is 52.4 Å². The maximum absolute atomic E-state index is 4.90. The molecule has 2 N–H and O–H groups in total. The van der Waals surface area contributed by atoms with Crippen LogP contribution in [0.3, 0.4) is 0 Å². The molecule has 6 rings (SSSR count). The summed E-state index contributed by atoms with van der Waals surface area (Å²) in [6.07, 6.45) is 7.56. The van der Waals surface area contributed by atoms with Gasteiger partial charge in [0.25, 0.3) is 0 Å². The van der Waals surface area contributed by atoms with E-state index in [1.165, 1.54) is 17.2 Å². The van der Waals surface area contributed by atoms with E-state index in [1.807, 2.05) is 34.8 Å². The van der Waals surface area contributed by atoms with E-state index in [9.17, 15) is 0 Å². The third-order valence-corrected chi connectivity index (χ3v) is 6.56. The van der Waals surface area contributed by atoms with Crippen molar-refractivity contribution in [3.63, 3.8) is 0 Å². The first-order chi connectivity index (χ1) is 15.3. The number of hydrogen-bond acceptors (Lipinski definition) is 6. The van der Waals surface area contributed by atoms with Crippen molar-refractivity contribution in [3.8, 4) is 11.3 Å². The van der Waals surface area contributed by atoms with E-state index in [-0.39, 0.29) is 0 Å². The van der Waals surface area contributed by atoms with Gasteiger partial charge in [-0.25, -0.2) is 9.97 Å². The summed E-state index contributed by atoms with van der Waals surface area (Å²) in [7, 11) is 0. The minimum Gasteiger partial charge on any atom is -0.370 e. The van der Waals surface area contributed by atoms with E-state index in [4.69, 9.17) is 4.98 Å². The number of rotatable bonds is 4. The van der Waals surface area contributed by atoms with Gasteiger partial charge in [-0.05, 0) is 30.3 Å². The fraction of sp³-hybridized carbons (Fsp3) is 0.174. The fourth-order valence-electron chi connectivity index (χ4n) is 3.96. The molecule has 0 bridgehead atoms. The molecular formula is C23H21N7S. The predicted octanol–water partition coefficient (Wildman–Crippen LogP) is 4.57. The Morgan fingerprint density at radius 3 is 2.77 bits per heavy atom. The van der Waals surface area contributed by atoms with Crippen LogP contribution in [0, 0.1) is 0 Å². The third-order valence-electron chi connectivity index (χ3n) is 5.62. The highest BCUT2D eigenvalue weighted by molar-refractivity contribution is 7.99. The normalized spacial score (nSPS) is 14.4. The Balaban J connectivity index is 1.33. The first kappa shape index (κ1) is 18.3. The van der Waals surface area contributed by atoms with Crippen LogP contribution < -0.4 is 10.2 Å². The van der Waals surface area contributed by atoms with Crippen molar-refractivity contribution in [1.82, 2.24) is 24.6 Å². The number of imidazole rings is 1. The molecule has 2 aromatic carbocycles. The van der Waals surface area contributed by atoms with E-state index in [1.54, 1.807) is 6.20 Å². The summed E-state index contributed by atoms with van der Waals surface area (Å²) in [6, 6.07) is 14.8. The van der Waals surface area contributed by atoms with Crippen molar-refractivity contribution < 1.29 is 0 Å². The molecule has 0 radical (unpaired) electrons. The molecule has 0 atom stereocenters. The summed E-state index contributed by atoms with van der Waals surface area (Å²) in [6.45, 7) is 2.22. The first-order valence-corrected chi connectivity index (χ1v) is 11.5. The summed E-state index contributed by atoms with van der Waals surface area (Å²) in [5.74, 6) is 3.12. The van der Waals surface area contributed by atoms with E-state index in [2.05, 4.69) is 67.9 Å². The molecule has 3 aromatic heterocycles. The highest BCUT2D eigenvalue weighted by Crippen LogP contribution is 2.28. The van der Waals surface area contributed by atoms with Gasteiger partial charge in [-0.15, -0.1) is 0 Å². The number of nitrogens with zero attached hydrogens (tertiary/aromatic N) is 5. The Morgan fingerprint density at radius 1 is 1.03 bits per heavy atom. The van der Waals surface area contributed by atoms with Crippen molar-refractivity contribution >= 4 is 45.5 Å². The van der Waals surface area contributed by atoms with Crippen LogP contribution in [0.25, 0.3) is 27.8 Å². The molecule has 0 unspecified atom stereocenters. The van der Waals surface area contributed by atoms with Gasteiger partial charge in [0.05, 0.1) is 17.4 Å². The summed E-state index contributed by atoms with van der Waals surface area (Å²) < 4.78 is 2.00. The summed E-state index contributed by atoms with van der Waals surface area (Å²) in [5.41, 5.74) is 5.94. The molecule has 0 amide bonds. The smallest absolute Gasteiger partial charge is 0.180 e. The molecule has 5 aromatic rings. The maximum Gasteiger partial charge on any atom is 0.180 e. The van der Waals surface area contributed by atoms with Crippen molar-refractivity contribution in [2.75, 3.05) is 34.8 Å². The number of aromatic nitrogens is 5. The van der Waals surface area contributed by atoms with Gasteiger partial charge in [0.2, 0.25) is 0 Å². The van der Waals surface area contributed by atoms with Gasteiger partial charge in [0, 0.05) is 65.5 Å². The first-order valence-electron chi connectivity index (χ1n) is 10.3. The fourth-order valence-corrected chi connectivity index (χ4v) is 4.87. The number of fused-ring (bicyclic) bond motifs is 2. The number of H-pyrrole nitrogens is 1. The molecule has 1 aliphatic heterocycles. The van der Waals surface area contributed by atoms with Gasteiger partial charge < -0.3 is 14.6 Å². The highest BCUT2D eigenvalue weighted by atomic mass is 32.2. The number of benzene rings is 2. The van der Waals surface area contributed by atoms with Crippen molar-refractivity contribution in [2.24, 2.45) is 0 Å². The average molecular weight is 428 g/mol. The van der Waals surface area contributed by atoms with Crippen LogP contribution in [0.5, 0.6) is 0 Å². The summed E-state index contributed by atoms with van der Waals surface area (Å²) in [5, 5.41) is 11.7. The van der Waals surface area contributed by atoms with Gasteiger partial charge >= 0.3 is 0 Å². The largest absolute Gasteiger partial charge is 0.370 e. The lowest BCUT2D eigenvalue weighted by Gasteiger charge is -2.28. The highest BCUT2D eigenvalue weighted by Gasteiger charge is 2.13. The SMILES string of the molecule is c1cn2cc(-c3ccc4cn[nH]c4c3)nc(Nc3ccc(N4CCSCC4)cc3)c2n1. The number of anilines is 3. The van der Waals surface area contributed by atoms with Crippen molar-refractivity contribution in [2.45, 2.75) is 0 Å². The molecule has 1 fully saturated rings. The van der Waals surface area contributed by atoms with Crippen LogP contribution in [0.1, 0.15) is 0 Å². The van der Waals surface area contributed by atoms with Crippen LogP contribution in [0.4, 0.5) is 17.2 Å². The second kappa shape index (κ2) is 7.63. The Morgan fingerprint density at radius 2 is 1.90 bits per heavy atom. The Bertz CT molecular complexity index is 1350. The molecule has 31 heavy (non-hydrogen) atoms. The molecule has 0 aliphatic carbocycles. The Kier molecular flexibility index (Phi) is 4.49. The number of nitrogens with one attached hydrogen (secondary N) is 2. The molecule has 0 spiro atoms. The average Bonchev–Trinajstić information content (AvgIpc) is 3.49. The molecule has 0 saturated carbocycles. The number of aromatic amines is 1. The lowest BCUT2D eigenvalue weighted by Crippen LogP contribution is -2.32. The lowest BCUT2D eigenvalue weighted by molar-refractivity contribution is 0.859. The Hall–Kier alpha value is -3.52. The van der Waals surface area contributed by atoms with Gasteiger partial charge in [-0.2, -0.15) is 16.9 Å². The molecule has 7 nitrogen and oxygen atoms in total. The molecule has 1 saturated heterocycles. The zero-order valence-corrected chi connectivity index (χ0v) is 17.6. The van der Waals surface area contributed by atoms with E-state index >= 15 is 0 Å². The monoisotopic (exact) mass is 427 g/mol. The minimum atomic E-state index is 0.731. The minimum absolute atomic E-state index is 0.731. The van der Waals surface area contributed by atoms with Gasteiger partial charge in [-0.3, -0.25) is 5.10 Å². The molecule has 1 aliphatic rings. The standard InChI is InChI=1S/C23H21N7S/c1-2-17-14-25-28-20(17)13-16(1)21-15-30-8-7-24-23(30)22(27-21)26-18-3-5-19(6-4-18)29-9-11-31-12-10-29/h1-8,13-15H,9-12H2,(H,25,28)(H,26,27). The number of thioether (sulfide) groups is 1. The van der Waals surface area contributed by atoms with Crippen LogP contribution in [0.15, 0.2) is 67.3 Å². The Labute approximate surface area is 183 Å². The molecule has 4 heterocycles. The predicted molar refractivity (Wildman–Crippen MR) is 127 cm³/mol. The zero-order chi connectivity index (χ0) is 20.6. The quantitative estimate of drug-likeness (QED) is 0.438. The van der Waals surface area contributed by atoms with Crippen LogP contribution >= 0.6 is 11.8 Å². The van der Waals surface area contributed by atoms with Gasteiger partial charge in [0.15, 0.2) is 11.5 Å². The van der Waals surface area contributed by atoms with Crippen LogP contribution in [0.2, 0.25) is 0 Å². The zero-order valence-electron chi connectivity index (χ0n) is 16.8. The number of hydrogen-bond donors (Lipinski definition) is 2. The lowest BCUT2D eigenvalue weighted by atomic mass is 10.1. The van der Waals surface area contributed by atoms with E-state index in [0.29, 0.717) is 0 Å². The molecule has 8 heteroatoms. The van der Waals surface area contributed by atoms with Crippen LogP contribution in [-0.2, 0) is 0 Å². The van der Waals surface area contributed by atoms with E-state index < -0.39 is 0 Å². The summed E-state index contributed by atoms with van der Waals surface area (Å²) >= 11 is 2.02. The topological polar surface area (TPSA) is 74.1 Å². The van der Waals surface area contributed by atoms with Crippen molar-refractivity contribution in [3.05, 3.63) is 67.3 Å². The second-order valence-corrected chi connectivity index (χ2v) is 8.80. The molecular weight excluding hydrogens is 406 g/mol. The second-order valence-electron chi connectivity index (χ2n) is 7.58. The maximum atomic E-state index is 4.90. The molecule has 154 valence electrons. The van der Waals surface area contributed by atoms with Crippen molar-refractivity contribution in [1.29, 1.82) is 0 Å². The van der Waals surface area contributed by atoms with Crippen LogP contribution in [-0.4, -0.2) is 49.2 Å². The third kappa shape index (κ3) is 3.48. The van der Waals surface area contributed by atoms with Gasteiger partial charge in [-0.1, -0.05) is 12.1 Å².